The Morgan fingerprint density at radius 3 is 2.54 bits per heavy atom. The Morgan fingerprint density at radius 2 is 1.86 bits per heavy atom. The summed E-state index contributed by atoms with van der Waals surface area (Å²) in [4.78, 5) is 20.9. The SMILES string of the molecule is CN(C)C(=Nc1ccccc1)S/C(C=O)=C\c1ccc(-c2cccc(N)c2)s1. The van der Waals surface area contributed by atoms with E-state index < -0.39 is 0 Å². The van der Waals surface area contributed by atoms with Crippen molar-refractivity contribution >= 4 is 52.0 Å². The summed E-state index contributed by atoms with van der Waals surface area (Å²) in [7, 11) is 3.83. The van der Waals surface area contributed by atoms with Gasteiger partial charge in [-0.1, -0.05) is 30.3 Å². The topological polar surface area (TPSA) is 58.7 Å². The first-order valence-corrected chi connectivity index (χ1v) is 10.3. The van der Waals surface area contributed by atoms with Gasteiger partial charge in [0.25, 0.3) is 0 Å². The first-order chi connectivity index (χ1) is 13.5. The number of thiophene rings is 1. The van der Waals surface area contributed by atoms with Gasteiger partial charge in [0.15, 0.2) is 11.5 Å². The van der Waals surface area contributed by atoms with Crippen molar-refractivity contribution < 1.29 is 4.79 Å². The molecule has 0 aliphatic rings. The van der Waals surface area contributed by atoms with Crippen LogP contribution in [0.3, 0.4) is 0 Å². The second-order valence-electron chi connectivity index (χ2n) is 6.22. The third kappa shape index (κ3) is 5.34. The number of aldehydes is 1. The number of allylic oxidation sites excluding steroid dienone is 1. The number of nitrogen functional groups attached to an aromatic ring is 1. The molecule has 0 amide bonds. The molecular formula is C22H21N3OS2. The van der Waals surface area contributed by atoms with E-state index in [1.807, 2.05) is 91.8 Å². The lowest BCUT2D eigenvalue weighted by Crippen LogP contribution is -2.18. The lowest BCUT2D eigenvalue weighted by Gasteiger charge is -2.14. The normalized spacial score (nSPS) is 12.1. The molecule has 0 spiro atoms. The van der Waals surface area contributed by atoms with Crippen molar-refractivity contribution in [1.29, 1.82) is 0 Å². The summed E-state index contributed by atoms with van der Waals surface area (Å²) >= 11 is 2.97. The molecule has 0 atom stereocenters. The van der Waals surface area contributed by atoms with E-state index in [0.717, 1.165) is 38.1 Å². The van der Waals surface area contributed by atoms with Crippen molar-refractivity contribution in [2.45, 2.75) is 0 Å². The van der Waals surface area contributed by atoms with Crippen LogP contribution in [0.1, 0.15) is 4.88 Å². The van der Waals surface area contributed by atoms with Gasteiger partial charge in [0.1, 0.15) is 0 Å². The molecule has 28 heavy (non-hydrogen) atoms. The lowest BCUT2D eigenvalue weighted by molar-refractivity contribution is -0.104. The maximum absolute atomic E-state index is 11.7. The van der Waals surface area contributed by atoms with E-state index in [4.69, 9.17) is 5.73 Å². The number of hydrogen-bond donors (Lipinski definition) is 1. The van der Waals surface area contributed by atoms with Crippen LogP contribution in [0.25, 0.3) is 16.5 Å². The Kier molecular flexibility index (Phi) is 6.68. The van der Waals surface area contributed by atoms with Crippen molar-refractivity contribution in [3.05, 3.63) is 76.5 Å². The number of hydrogen-bond acceptors (Lipinski definition) is 5. The van der Waals surface area contributed by atoms with Crippen molar-refractivity contribution in [3.8, 4) is 10.4 Å². The van der Waals surface area contributed by atoms with Crippen LogP contribution in [-0.4, -0.2) is 30.4 Å². The Labute approximate surface area is 173 Å². The minimum absolute atomic E-state index is 0.601. The number of nitrogens with zero attached hydrogens (tertiary/aromatic N) is 2. The molecule has 3 aromatic rings. The minimum atomic E-state index is 0.601. The summed E-state index contributed by atoms with van der Waals surface area (Å²) in [6, 6.07) is 21.6. The van der Waals surface area contributed by atoms with Crippen molar-refractivity contribution in [3.63, 3.8) is 0 Å². The van der Waals surface area contributed by atoms with Crippen molar-refractivity contribution in [2.24, 2.45) is 4.99 Å². The predicted octanol–water partition coefficient (Wildman–Crippen LogP) is 5.52. The van der Waals surface area contributed by atoms with E-state index in [1.165, 1.54) is 11.8 Å². The number of rotatable bonds is 5. The van der Waals surface area contributed by atoms with Crippen LogP contribution >= 0.6 is 23.1 Å². The van der Waals surface area contributed by atoms with Gasteiger partial charge < -0.3 is 10.6 Å². The lowest BCUT2D eigenvalue weighted by atomic mass is 10.2. The molecule has 1 heterocycles. The second-order valence-corrected chi connectivity index (χ2v) is 8.37. The molecule has 4 nitrogen and oxygen atoms in total. The van der Waals surface area contributed by atoms with E-state index in [1.54, 1.807) is 11.3 Å². The zero-order valence-electron chi connectivity index (χ0n) is 15.7. The molecule has 2 N–H and O–H groups in total. The van der Waals surface area contributed by atoms with Gasteiger partial charge in [0, 0.05) is 29.5 Å². The largest absolute Gasteiger partial charge is 0.399 e. The number of thioether (sulfide) groups is 1. The summed E-state index contributed by atoms with van der Waals surface area (Å²) in [6.07, 6.45) is 2.76. The highest BCUT2D eigenvalue weighted by Gasteiger charge is 2.09. The van der Waals surface area contributed by atoms with Crippen LogP contribution in [0, 0.1) is 0 Å². The maximum Gasteiger partial charge on any atom is 0.168 e. The standard InChI is InChI=1S/C22H21N3OS2/c1-25(2)22(24-18-9-4-3-5-10-18)28-20(15-26)14-19-11-12-21(27-19)16-7-6-8-17(23)13-16/h3-15H,23H2,1-2H3/b20-14-,24-22?. The zero-order chi connectivity index (χ0) is 19.9. The van der Waals surface area contributed by atoms with Gasteiger partial charge in [-0.2, -0.15) is 0 Å². The Balaban J connectivity index is 1.83. The molecule has 0 radical (unpaired) electrons. The van der Waals surface area contributed by atoms with Crippen LogP contribution in [0.5, 0.6) is 0 Å². The molecular weight excluding hydrogens is 386 g/mol. The fourth-order valence-electron chi connectivity index (χ4n) is 2.44. The van der Waals surface area contributed by atoms with Crippen LogP contribution < -0.4 is 5.73 Å². The predicted molar refractivity (Wildman–Crippen MR) is 123 cm³/mol. The van der Waals surface area contributed by atoms with Gasteiger partial charge in [-0.3, -0.25) is 4.79 Å². The Bertz CT molecular complexity index is 1010. The van der Waals surface area contributed by atoms with Gasteiger partial charge >= 0.3 is 0 Å². The molecule has 6 heteroatoms. The number of amidine groups is 1. The third-order valence-electron chi connectivity index (χ3n) is 3.77. The monoisotopic (exact) mass is 407 g/mol. The molecule has 0 unspecified atom stereocenters. The summed E-state index contributed by atoms with van der Waals surface area (Å²) in [5.74, 6) is 0. The van der Waals surface area contributed by atoms with Gasteiger partial charge in [-0.15, -0.1) is 11.3 Å². The fourth-order valence-corrected chi connectivity index (χ4v) is 4.25. The van der Waals surface area contributed by atoms with E-state index in [2.05, 4.69) is 4.99 Å². The third-order valence-corrected chi connectivity index (χ3v) is 5.94. The van der Waals surface area contributed by atoms with E-state index in [-0.39, 0.29) is 0 Å². The number of benzene rings is 2. The smallest absolute Gasteiger partial charge is 0.168 e. The van der Waals surface area contributed by atoms with E-state index >= 15 is 0 Å². The summed E-state index contributed by atoms with van der Waals surface area (Å²) in [5, 5.41) is 0.747. The molecule has 1 aromatic heterocycles. The van der Waals surface area contributed by atoms with Gasteiger partial charge in [-0.25, -0.2) is 4.99 Å². The average Bonchev–Trinajstić information content (AvgIpc) is 3.16. The molecule has 0 bridgehead atoms. The number of aliphatic imine (C=N–C) groups is 1. The number of nitrogens with two attached hydrogens (primary N) is 1. The number of para-hydroxylation sites is 1. The van der Waals surface area contributed by atoms with Crippen LogP contribution in [0.15, 0.2) is 76.6 Å². The van der Waals surface area contributed by atoms with E-state index in [9.17, 15) is 4.79 Å². The summed E-state index contributed by atoms with van der Waals surface area (Å²) in [6.45, 7) is 0. The summed E-state index contributed by atoms with van der Waals surface area (Å²) < 4.78 is 0. The maximum atomic E-state index is 11.7. The minimum Gasteiger partial charge on any atom is -0.399 e. The molecule has 0 fully saturated rings. The van der Waals surface area contributed by atoms with Crippen molar-refractivity contribution in [2.75, 3.05) is 19.8 Å². The highest BCUT2D eigenvalue weighted by atomic mass is 32.2. The summed E-state index contributed by atoms with van der Waals surface area (Å²) in [5.41, 5.74) is 8.54. The molecule has 3 rings (SSSR count). The highest BCUT2D eigenvalue weighted by molar-refractivity contribution is 8.17. The molecule has 0 saturated carbocycles. The quantitative estimate of drug-likeness (QED) is 0.199. The van der Waals surface area contributed by atoms with Gasteiger partial charge in [-0.05, 0) is 59.8 Å². The number of carbonyl (C=O) groups is 1. The highest BCUT2D eigenvalue weighted by Crippen LogP contribution is 2.32. The molecule has 0 aliphatic heterocycles. The van der Waals surface area contributed by atoms with Crippen LogP contribution in [0.4, 0.5) is 11.4 Å². The van der Waals surface area contributed by atoms with Crippen LogP contribution in [0.2, 0.25) is 0 Å². The number of carbonyl (C=O) groups excluding carboxylic acids is 1. The van der Waals surface area contributed by atoms with Gasteiger partial charge in [0.05, 0.1) is 10.6 Å². The van der Waals surface area contributed by atoms with Gasteiger partial charge in [0.2, 0.25) is 0 Å². The Morgan fingerprint density at radius 1 is 1.07 bits per heavy atom. The van der Waals surface area contributed by atoms with Crippen molar-refractivity contribution in [1.82, 2.24) is 4.90 Å². The fraction of sp³-hybridized carbons (Fsp3) is 0.0909. The first-order valence-electron chi connectivity index (χ1n) is 8.66. The molecule has 0 saturated heterocycles. The average molecular weight is 408 g/mol. The molecule has 2 aromatic carbocycles. The first kappa shape index (κ1) is 19.9. The number of anilines is 1. The van der Waals surface area contributed by atoms with Crippen LogP contribution in [-0.2, 0) is 4.79 Å². The van der Waals surface area contributed by atoms with E-state index in [0.29, 0.717) is 4.91 Å². The molecule has 142 valence electrons. The second kappa shape index (κ2) is 9.39. The zero-order valence-corrected chi connectivity index (χ0v) is 17.3. The Hall–Kier alpha value is -2.83. The molecule has 0 aliphatic carbocycles.